The third-order valence-electron chi connectivity index (χ3n) is 4.66. The van der Waals surface area contributed by atoms with Crippen molar-refractivity contribution >= 4 is 38.6 Å². The third kappa shape index (κ3) is 4.14. The summed E-state index contributed by atoms with van der Waals surface area (Å²) in [6, 6.07) is 11.5. The lowest BCUT2D eigenvalue weighted by Gasteiger charge is -2.17. The molecule has 1 amide bonds. The normalized spacial score (nSPS) is 11.9. The van der Waals surface area contributed by atoms with Crippen LogP contribution in [0.5, 0.6) is 0 Å². The molecule has 3 rings (SSSR count). The number of aromatic nitrogens is 2. The molecule has 0 unspecified atom stereocenters. The highest BCUT2D eigenvalue weighted by molar-refractivity contribution is 7.89. The summed E-state index contributed by atoms with van der Waals surface area (Å²) in [5.41, 5.74) is 2.05. The first-order valence-electron chi connectivity index (χ1n) is 9.08. The van der Waals surface area contributed by atoms with Crippen LogP contribution in [0.15, 0.2) is 47.4 Å². The minimum absolute atomic E-state index is 0.0916. The molecule has 2 aromatic carbocycles. The van der Waals surface area contributed by atoms with Gasteiger partial charge in [-0.1, -0.05) is 17.7 Å². The largest absolute Gasteiger partial charge is 0.345 e. The Kier molecular flexibility index (Phi) is 5.97. The molecule has 7 nitrogen and oxygen atoms in total. The number of imidazole rings is 1. The second-order valence-corrected chi connectivity index (χ2v) is 9.38. The number of carbonyl (C=O) groups is 1. The standard InChI is InChI=1S/C20H23ClN4O3S/c1-5-25-18-10-9-14(20(26)23(2)3)11-17(18)22-19(25)13-24(4)29(27,28)16-8-6-7-15(21)12-16/h6-12H,5,13H2,1-4H3. The van der Waals surface area contributed by atoms with Crippen LogP contribution in [0, 0.1) is 0 Å². The number of halogens is 1. The lowest BCUT2D eigenvalue weighted by molar-refractivity contribution is 0.0827. The summed E-state index contributed by atoms with van der Waals surface area (Å²) in [5.74, 6) is 0.491. The summed E-state index contributed by atoms with van der Waals surface area (Å²) >= 11 is 5.95. The molecule has 0 aliphatic rings. The monoisotopic (exact) mass is 434 g/mol. The molecule has 0 fully saturated rings. The van der Waals surface area contributed by atoms with Crippen LogP contribution in [-0.4, -0.2) is 54.2 Å². The quantitative estimate of drug-likeness (QED) is 0.596. The van der Waals surface area contributed by atoms with Crippen molar-refractivity contribution in [3.05, 3.63) is 58.9 Å². The van der Waals surface area contributed by atoms with E-state index in [1.165, 1.54) is 28.4 Å². The summed E-state index contributed by atoms with van der Waals surface area (Å²) in [6.45, 7) is 2.68. The number of hydrogen-bond donors (Lipinski definition) is 0. The Hall–Kier alpha value is -2.42. The van der Waals surface area contributed by atoms with E-state index >= 15 is 0 Å². The number of hydrogen-bond acceptors (Lipinski definition) is 4. The first kappa shape index (κ1) is 21.3. The molecule has 0 N–H and O–H groups in total. The summed E-state index contributed by atoms with van der Waals surface area (Å²) in [6.07, 6.45) is 0. The van der Waals surface area contributed by atoms with Crippen molar-refractivity contribution in [2.24, 2.45) is 0 Å². The Morgan fingerprint density at radius 2 is 1.86 bits per heavy atom. The Morgan fingerprint density at radius 3 is 2.48 bits per heavy atom. The third-order valence-corrected chi connectivity index (χ3v) is 6.70. The molecule has 0 spiro atoms. The fourth-order valence-corrected chi connectivity index (χ4v) is 4.56. The van der Waals surface area contributed by atoms with Crippen LogP contribution in [0.25, 0.3) is 11.0 Å². The van der Waals surface area contributed by atoms with Crippen LogP contribution < -0.4 is 0 Å². The minimum atomic E-state index is -3.72. The predicted octanol–water partition coefficient (Wildman–Crippen LogP) is 3.23. The number of fused-ring (bicyclic) bond motifs is 1. The number of nitrogens with zero attached hydrogens (tertiary/aromatic N) is 4. The van der Waals surface area contributed by atoms with E-state index in [0.717, 1.165) is 5.52 Å². The molecule has 29 heavy (non-hydrogen) atoms. The maximum atomic E-state index is 12.9. The zero-order valence-electron chi connectivity index (χ0n) is 16.8. The van der Waals surface area contributed by atoms with E-state index < -0.39 is 10.0 Å². The molecule has 0 saturated heterocycles. The van der Waals surface area contributed by atoms with Gasteiger partial charge in [-0.05, 0) is 43.3 Å². The van der Waals surface area contributed by atoms with Crippen molar-refractivity contribution in [2.75, 3.05) is 21.1 Å². The number of rotatable bonds is 6. The summed E-state index contributed by atoms with van der Waals surface area (Å²) in [7, 11) is 1.18. The summed E-state index contributed by atoms with van der Waals surface area (Å²) < 4.78 is 29.0. The predicted molar refractivity (Wildman–Crippen MR) is 114 cm³/mol. The van der Waals surface area contributed by atoms with Crippen LogP contribution in [-0.2, 0) is 23.1 Å². The van der Waals surface area contributed by atoms with Crippen molar-refractivity contribution < 1.29 is 13.2 Å². The fourth-order valence-electron chi connectivity index (χ4n) is 3.14. The average molecular weight is 435 g/mol. The Morgan fingerprint density at radius 1 is 1.14 bits per heavy atom. The van der Waals surface area contributed by atoms with Gasteiger partial charge in [0.15, 0.2) is 0 Å². The Labute approximate surface area is 175 Å². The summed E-state index contributed by atoms with van der Waals surface area (Å²) in [4.78, 5) is 18.5. The zero-order chi connectivity index (χ0) is 21.3. The molecule has 0 aliphatic carbocycles. The number of benzene rings is 2. The molecular formula is C20H23ClN4O3S. The van der Waals surface area contributed by atoms with Gasteiger partial charge in [-0.25, -0.2) is 13.4 Å². The lowest BCUT2D eigenvalue weighted by atomic mass is 10.2. The van der Waals surface area contributed by atoms with Gasteiger partial charge in [0.1, 0.15) is 5.82 Å². The van der Waals surface area contributed by atoms with Gasteiger partial charge >= 0.3 is 0 Å². The molecular weight excluding hydrogens is 412 g/mol. The van der Waals surface area contributed by atoms with Crippen molar-refractivity contribution in [3.63, 3.8) is 0 Å². The Balaban J connectivity index is 1.97. The molecule has 154 valence electrons. The highest BCUT2D eigenvalue weighted by Gasteiger charge is 2.24. The maximum absolute atomic E-state index is 12.9. The van der Waals surface area contributed by atoms with E-state index in [0.29, 0.717) is 28.5 Å². The Bertz CT molecular complexity index is 1170. The number of sulfonamides is 1. The van der Waals surface area contributed by atoms with Crippen LogP contribution in [0.1, 0.15) is 23.1 Å². The van der Waals surface area contributed by atoms with E-state index in [9.17, 15) is 13.2 Å². The van der Waals surface area contributed by atoms with Crippen LogP contribution in [0.4, 0.5) is 0 Å². The van der Waals surface area contributed by atoms with Crippen molar-refractivity contribution in [1.82, 2.24) is 18.8 Å². The molecule has 0 saturated carbocycles. The first-order chi connectivity index (χ1) is 13.6. The molecule has 1 heterocycles. The van der Waals surface area contributed by atoms with Gasteiger partial charge in [-0.2, -0.15) is 4.31 Å². The van der Waals surface area contributed by atoms with Crippen LogP contribution in [0.3, 0.4) is 0 Å². The summed E-state index contributed by atoms with van der Waals surface area (Å²) in [5, 5.41) is 0.360. The van der Waals surface area contributed by atoms with Gasteiger partial charge in [-0.3, -0.25) is 4.79 Å². The van der Waals surface area contributed by atoms with Gasteiger partial charge in [0, 0.05) is 38.3 Å². The van der Waals surface area contributed by atoms with Crippen molar-refractivity contribution in [3.8, 4) is 0 Å². The average Bonchev–Trinajstić information content (AvgIpc) is 3.03. The fraction of sp³-hybridized carbons (Fsp3) is 0.300. The first-order valence-corrected chi connectivity index (χ1v) is 10.9. The van der Waals surface area contributed by atoms with Crippen molar-refractivity contribution in [2.45, 2.75) is 24.9 Å². The van der Waals surface area contributed by atoms with Gasteiger partial charge in [0.05, 0.1) is 22.5 Å². The molecule has 0 radical (unpaired) electrons. The smallest absolute Gasteiger partial charge is 0.253 e. The molecule has 1 aromatic heterocycles. The number of aryl methyl sites for hydroxylation is 1. The molecule has 0 bridgehead atoms. The SMILES string of the molecule is CCn1c(CN(C)S(=O)(=O)c2cccc(Cl)c2)nc2cc(C(=O)N(C)C)ccc21. The van der Waals surface area contributed by atoms with Crippen molar-refractivity contribution in [1.29, 1.82) is 0 Å². The highest BCUT2D eigenvalue weighted by atomic mass is 35.5. The highest BCUT2D eigenvalue weighted by Crippen LogP contribution is 2.23. The maximum Gasteiger partial charge on any atom is 0.253 e. The molecule has 0 aliphatic heterocycles. The van der Waals surface area contributed by atoms with Crippen LogP contribution >= 0.6 is 11.6 Å². The number of amides is 1. The van der Waals surface area contributed by atoms with Gasteiger partial charge in [-0.15, -0.1) is 0 Å². The second-order valence-electron chi connectivity index (χ2n) is 6.89. The minimum Gasteiger partial charge on any atom is -0.345 e. The van der Waals surface area contributed by atoms with E-state index in [1.807, 2.05) is 17.6 Å². The van der Waals surface area contributed by atoms with E-state index in [2.05, 4.69) is 4.98 Å². The topological polar surface area (TPSA) is 75.5 Å². The molecule has 9 heteroatoms. The van der Waals surface area contributed by atoms with Gasteiger partial charge < -0.3 is 9.47 Å². The van der Waals surface area contributed by atoms with E-state index in [-0.39, 0.29) is 17.3 Å². The van der Waals surface area contributed by atoms with Gasteiger partial charge in [0.2, 0.25) is 10.0 Å². The lowest BCUT2D eigenvalue weighted by Crippen LogP contribution is -2.28. The second kappa shape index (κ2) is 8.14. The van der Waals surface area contributed by atoms with E-state index in [4.69, 9.17) is 11.6 Å². The molecule has 3 aromatic rings. The van der Waals surface area contributed by atoms with E-state index in [1.54, 1.807) is 38.4 Å². The molecule has 0 atom stereocenters. The number of carbonyl (C=O) groups excluding carboxylic acids is 1. The zero-order valence-corrected chi connectivity index (χ0v) is 18.3. The van der Waals surface area contributed by atoms with Crippen LogP contribution in [0.2, 0.25) is 5.02 Å². The van der Waals surface area contributed by atoms with Gasteiger partial charge in [0.25, 0.3) is 5.91 Å².